The molecule has 96 valence electrons. The fourth-order valence-electron chi connectivity index (χ4n) is 2.57. The molecule has 0 aliphatic carbocycles. The maximum atomic E-state index is 12.1. The molecule has 1 heterocycles. The van der Waals surface area contributed by atoms with Gasteiger partial charge in [-0.15, -0.1) is 0 Å². The van der Waals surface area contributed by atoms with E-state index >= 15 is 0 Å². The van der Waals surface area contributed by atoms with Crippen molar-refractivity contribution in [2.24, 2.45) is 0 Å². The molecule has 2 aromatic rings. The molecule has 0 saturated carbocycles. The van der Waals surface area contributed by atoms with Crippen LogP contribution < -0.4 is 0 Å². The van der Waals surface area contributed by atoms with Gasteiger partial charge in [-0.2, -0.15) is 0 Å². The number of cyclic esters (lactones) is 1. The molecular formula is C16H13IO2. The van der Waals surface area contributed by atoms with E-state index in [0.717, 1.165) is 29.6 Å². The molecule has 0 radical (unpaired) electrons. The number of esters is 1. The predicted molar refractivity (Wildman–Crippen MR) is 84.1 cm³/mol. The van der Waals surface area contributed by atoms with Gasteiger partial charge < -0.3 is 4.74 Å². The van der Waals surface area contributed by atoms with Crippen LogP contribution >= 0.6 is 22.6 Å². The van der Waals surface area contributed by atoms with E-state index in [4.69, 9.17) is 4.74 Å². The number of carbonyl (C=O) groups is 1. The van der Waals surface area contributed by atoms with E-state index < -0.39 is 0 Å². The molecule has 19 heavy (non-hydrogen) atoms. The number of carbonyl (C=O) groups excluding carboxylic acids is 1. The summed E-state index contributed by atoms with van der Waals surface area (Å²) in [7, 11) is 0. The van der Waals surface area contributed by atoms with Gasteiger partial charge in [0.1, 0.15) is 5.76 Å². The number of hydrogen-bond acceptors (Lipinski definition) is 2. The summed E-state index contributed by atoms with van der Waals surface area (Å²) in [5.74, 6) is 0.499. The number of ether oxygens (including phenoxy) is 1. The van der Waals surface area contributed by atoms with Crippen LogP contribution in [0.3, 0.4) is 0 Å². The largest absolute Gasteiger partial charge is 0.430 e. The molecule has 1 atom stereocenters. The molecule has 1 aliphatic heterocycles. The molecule has 0 aromatic heterocycles. The highest BCUT2D eigenvalue weighted by molar-refractivity contribution is 14.1. The zero-order chi connectivity index (χ0) is 13.2. The first-order valence-corrected chi connectivity index (χ1v) is 7.53. The lowest BCUT2D eigenvalue weighted by atomic mass is 9.88. The van der Waals surface area contributed by atoms with Gasteiger partial charge in [0, 0.05) is 10.5 Å². The molecule has 0 bridgehead atoms. The molecule has 3 rings (SSSR count). The van der Waals surface area contributed by atoms with Crippen molar-refractivity contribution in [1.82, 2.24) is 0 Å². The minimum Gasteiger partial charge on any atom is -0.430 e. The standard InChI is InChI=1S/C16H13IO2/c17-10-12-8-9-15(16(18)19-12)14-7-3-5-11-4-1-2-6-13(11)14/h1-7,10,15H,8-9H2/b12-10+. The molecule has 1 saturated heterocycles. The molecule has 3 heteroatoms. The van der Waals surface area contributed by atoms with Gasteiger partial charge >= 0.3 is 5.97 Å². The summed E-state index contributed by atoms with van der Waals surface area (Å²) in [5, 5.41) is 2.32. The van der Waals surface area contributed by atoms with Gasteiger partial charge in [0.05, 0.1) is 5.92 Å². The summed E-state index contributed by atoms with van der Waals surface area (Å²) in [4.78, 5) is 12.1. The van der Waals surface area contributed by atoms with Crippen LogP contribution in [0.1, 0.15) is 24.3 Å². The van der Waals surface area contributed by atoms with Crippen molar-refractivity contribution in [3.8, 4) is 0 Å². The van der Waals surface area contributed by atoms with Crippen molar-refractivity contribution in [2.75, 3.05) is 0 Å². The number of rotatable bonds is 1. The van der Waals surface area contributed by atoms with E-state index in [1.54, 1.807) is 0 Å². The quantitative estimate of drug-likeness (QED) is 0.549. The molecule has 0 amide bonds. The Morgan fingerprint density at radius 3 is 2.74 bits per heavy atom. The van der Waals surface area contributed by atoms with Crippen molar-refractivity contribution in [2.45, 2.75) is 18.8 Å². The van der Waals surface area contributed by atoms with Gasteiger partial charge in [-0.1, -0.05) is 42.5 Å². The lowest BCUT2D eigenvalue weighted by molar-refractivity contribution is -0.143. The molecule has 2 aromatic carbocycles. The van der Waals surface area contributed by atoms with Crippen molar-refractivity contribution in [3.05, 3.63) is 57.9 Å². The van der Waals surface area contributed by atoms with Crippen molar-refractivity contribution >= 4 is 39.3 Å². The SMILES string of the molecule is O=C1O/C(=C/I)CCC1c1cccc2ccccc12. The van der Waals surface area contributed by atoms with E-state index in [-0.39, 0.29) is 11.9 Å². The Bertz CT molecular complexity index is 655. The third kappa shape index (κ3) is 2.39. The van der Waals surface area contributed by atoms with Gasteiger partial charge in [-0.25, -0.2) is 0 Å². The molecular weight excluding hydrogens is 351 g/mol. The van der Waals surface area contributed by atoms with E-state index in [9.17, 15) is 4.79 Å². The normalized spacial score (nSPS) is 21.6. The molecule has 0 N–H and O–H groups in total. The Balaban J connectivity index is 2.03. The summed E-state index contributed by atoms with van der Waals surface area (Å²) in [6, 6.07) is 14.3. The van der Waals surface area contributed by atoms with Gasteiger partial charge in [0.15, 0.2) is 0 Å². The van der Waals surface area contributed by atoms with Gasteiger partial charge in [-0.3, -0.25) is 4.79 Å². The van der Waals surface area contributed by atoms with Gasteiger partial charge in [-0.05, 0) is 45.3 Å². The summed E-state index contributed by atoms with van der Waals surface area (Å²) in [6.45, 7) is 0. The first-order chi connectivity index (χ1) is 9.29. The molecule has 1 fully saturated rings. The first kappa shape index (κ1) is 12.7. The highest BCUT2D eigenvalue weighted by atomic mass is 127. The van der Waals surface area contributed by atoms with E-state index in [0.29, 0.717) is 0 Å². The first-order valence-electron chi connectivity index (χ1n) is 6.28. The van der Waals surface area contributed by atoms with Crippen molar-refractivity contribution in [1.29, 1.82) is 0 Å². The molecule has 1 unspecified atom stereocenters. The van der Waals surface area contributed by atoms with Gasteiger partial charge in [0.2, 0.25) is 0 Å². The molecule has 1 aliphatic rings. The van der Waals surface area contributed by atoms with Gasteiger partial charge in [0.25, 0.3) is 0 Å². The topological polar surface area (TPSA) is 26.3 Å². The van der Waals surface area contributed by atoms with Crippen LogP contribution in [-0.4, -0.2) is 5.97 Å². The van der Waals surface area contributed by atoms with Crippen LogP contribution in [0, 0.1) is 0 Å². The second kappa shape index (κ2) is 5.33. The van der Waals surface area contributed by atoms with Crippen LogP contribution in [0.5, 0.6) is 0 Å². The molecule has 2 nitrogen and oxygen atoms in total. The second-order valence-electron chi connectivity index (χ2n) is 4.66. The Kier molecular flexibility index (Phi) is 3.55. The smallest absolute Gasteiger partial charge is 0.318 e. The highest BCUT2D eigenvalue weighted by Gasteiger charge is 2.29. The maximum absolute atomic E-state index is 12.1. The van der Waals surface area contributed by atoms with Crippen LogP contribution in [-0.2, 0) is 9.53 Å². The fourth-order valence-corrected chi connectivity index (χ4v) is 3.01. The average Bonchev–Trinajstić information content (AvgIpc) is 2.46. The van der Waals surface area contributed by atoms with Crippen LogP contribution in [0.15, 0.2) is 52.3 Å². The zero-order valence-electron chi connectivity index (χ0n) is 10.3. The maximum Gasteiger partial charge on any atom is 0.318 e. The lowest BCUT2D eigenvalue weighted by Crippen LogP contribution is -2.21. The van der Waals surface area contributed by atoms with E-state index in [1.165, 1.54) is 5.39 Å². The Labute approximate surface area is 125 Å². The summed E-state index contributed by atoms with van der Waals surface area (Å²) >= 11 is 2.11. The zero-order valence-corrected chi connectivity index (χ0v) is 12.5. The minimum atomic E-state index is -0.147. The van der Waals surface area contributed by atoms with Crippen LogP contribution in [0.4, 0.5) is 0 Å². The van der Waals surface area contributed by atoms with E-state index in [1.807, 2.05) is 28.3 Å². The minimum absolute atomic E-state index is 0.134. The monoisotopic (exact) mass is 364 g/mol. The number of fused-ring (bicyclic) bond motifs is 1. The third-order valence-corrected chi connectivity index (χ3v) is 4.21. The molecule has 0 spiro atoms. The van der Waals surface area contributed by atoms with Crippen molar-refractivity contribution < 1.29 is 9.53 Å². The number of allylic oxidation sites excluding steroid dienone is 1. The van der Waals surface area contributed by atoms with Crippen molar-refractivity contribution in [3.63, 3.8) is 0 Å². The second-order valence-corrected chi connectivity index (χ2v) is 5.28. The number of hydrogen-bond donors (Lipinski definition) is 0. The van der Waals surface area contributed by atoms with Crippen LogP contribution in [0.25, 0.3) is 10.8 Å². The summed E-state index contributed by atoms with van der Waals surface area (Å²) in [5.41, 5.74) is 1.08. The number of benzene rings is 2. The summed E-state index contributed by atoms with van der Waals surface area (Å²) < 4.78 is 7.21. The van der Waals surface area contributed by atoms with E-state index in [2.05, 4.69) is 40.8 Å². The summed E-state index contributed by atoms with van der Waals surface area (Å²) in [6.07, 6.45) is 1.64. The van der Waals surface area contributed by atoms with Crippen LogP contribution in [0.2, 0.25) is 0 Å². The Morgan fingerprint density at radius 1 is 1.16 bits per heavy atom. The fraction of sp³-hybridized carbons (Fsp3) is 0.188. The number of halogens is 1. The Morgan fingerprint density at radius 2 is 1.95 bits per heavy atom. The third-order valence-electron chi connectivity index (χ3n) is 3.52. The lowest BCUT2D eigenvalue weighted by Gasteiger charge is -2.23. The Hall–Kier alpha value is -1.36. The highest BCUT2D eigenvalue weighted by Crippen LogP contribution is 2.35. The average molecular weight is 364 g/mol. The predicted octanol–water partition coefficient (Wildman–Crippen LogP) is 4.54.